The molecule has 2 fully saturated rings. The topological polar surface area (TPSA) is 74.3 Å². The highest BCUT2D eigenvalue weighted by atomic mass is 16.5. The molecule has 4 heterocycles. The first kappa shape index (κ1) is 14.3. The summed E-state index contributed by atoms with van der Waals surface area (Å²) < 4.78 is 5.75. The molecule has 2 aromatic rings. The number of carbonyl (C=O) groups excluding carboxylic acids is 1. The van der Waals surface area contributed by atoms with Crippen LogP contribution in [-0.4, -0.2) is 62.5 Å². The smallest absolute Gasteiger partial charge is 0.249 e. The summed E-state index contributed by atoms with van der Waals surface area (Å²) in [5, 5.41) is 0. The van der Waals surface area contributed by atoms with E-state index in [1.807, 2.05) is 29.3 Å². The maximum atomic E-state index is 12.3. The first-order valence-electron chi connectivity index (χ1n) is 7.81. The van der Waals surface area contributed by atoms with Crippen LogP contribution in [0, 0.1) is 0 Å². The number of aromatic amines is 1. The van der Waals surface area contributed by atoms with Gasteiger partial charge in [0.1, 0.15) is 12.4 Å². The molecule has 1 amide bonds. The first-order valence-corrected chi connectivity index (χ1v) is 7.81. The van der Waals surface area contributed by atoms with Gasteiger partial charge in [-0.2, -0.15) is 0 Å². The van der Waals surface area contributed by atoms with Gasteiger partial charge in [0.2, 0.25) is 5.91 Å². The second-order valence-corrected chi connectivity index (χ2v) is 5.99. The van der Waals surface area contributed by atoms with Crippen LogP contribution < -0.4 is 0 Å². The number of H-pyrrole nitrogens is 1. The number of rotatable bonds is 4. The number of fused-ring (bicyclic) bond motifs is 1. The normalized spacial score (nSPS) is 24.9. The summed E-state index contributed by atoms with van der Waals surface area (Å²) in [6.45, 7) is 3.05. The number of hydrogen-bond acceptors (Lipinski definition) is 5. The summed E-state index contributed by atoms with van der Waals surface area (Å²) in [5.74, 6) is 0.975. The highest BCUT2D eigenvalue weighted by Gasteiger charge is 2.43. The number of amides is 1. The predicted octanol–water partition coefficient (Wildman–Crippen LogP) is 0.416. The van der Waals surface area contributed by atoms with Crippen molar-refractivity contribution in [2.24, 2.45) is 0 Å². The molecule has 0 bridgehead atoms. The molecular formula is C16H19N5O2. The van der Waals surface area contributed by atoms with E-state index in [2.05, 4.69) is 19.9 Å². The van der Waals surface area contributed by atoms with Gasteiger partial charge in [-0.25, -0.2) is 4.98 Å². The van der Waals surface area contributed by atoms with Crippen LogP contribution in [0.25, 0.3) is 0 Å². The van der Waals surface area contributed by atoms with Gasteiger partial charge in [-0.05, 0) is 12.1 Å². The van der Waals surface area contributed by atoms with Crippen LogP contribution in [0.5, 0.6) is 0 Å². The van der Waals surface area contributed by atoms with Crippen LogP contribution in [0.4, 0.5) is 0 Å². The van der Waals surface area contributed by atoms with Gasteiger partial charge in [-0.3, -0.25) is 14.7 Å². The molecule has 0 radical (unpaired) electrons. The number of hydrogen-bond donors (Lipinski definition) is 1. The Balaban J connectivity index is 1.47. The number of imidazole rings is 1. The van der Waals surface area contributed by atoms with E-state index in [1.165, 1.54) is 0 Å². The minimum Gasteiger partial charge on any atom is -0.365 e. The van der Waals surface area contributed by atoms with Gasteiger partial charge in [0.15, 0.2) is 0 Å². The molecule has 0 saturated carbocycles. The highest BCUT2D eigenvalue weighted by Crippen LogP contribution is 2.25. The molecule has 0 aromatic carbocycles. The minimum atomic E-state index is 0.0387. The van der Waals surface area contributed by atoms with Crippen LogP contribution >= 0.6 is 0 Å². The molecule has 2 saturated heterocycles. The summed E-state index contributed by atoms with van der Waals surface area (Å²) in [6.07, 6.45) is 5.40. The summed E-state index contributed by atoms with van der Waals surface area (Å²) in [4.78, 5) is 28.2. The second kappa shape index (κ2) is 6.10. The molecule has 2 aromatic heterocycles. The number of likely N-dealkylation sites (tertiary alicyclic amines) is 1. The van der Waals surface area contributed by atoms with E-state index in [0.29, 0.717) is 6.54 Å². The lowest BCUT2D eigenvalue weighted by Crippen LogP contribution is -2.53. The van der Waals surface area contributed by atoms with E-state index in [0.717, 1.165) is 31.2 Å². The predicted molar refractivity (Wildman–Crippen MR) is 82.2 cm³/mol. The number of morpholine rings is 1. The number of carbonyl (C=O) groups is 1. The van der Waals surface area contributed by atoms with Crippen molar-refractivity contribution in [1.29, 1.82) is 0 Å². The molecule has 0 aliphatic carbocycles. The third kappa shape index (κ3) is 2.97. The number of ether oxygens (including phenoxy) is 1. The van der Waals surface area contributed by atoms with E-state index < -0.39 is 0 Å². The van der Waals surface area contributed by atoms with E-state index >= 15 is 0 Å². The molecule has 120 valence electrons. The fraction of sp³-hybridized carbons (Fsp3) is 0.438. The molecule has 2 unspecified atom stereocenters. The number of nitrogens with zero attached hydrogens (tertiary/aromatic N) is 4. The monoisotopic (exact) mass is 313 g/mol. The summed E-state index contributed by atoms with van der Waals surface area (Å²) in [5.41, 5.74) is 0.908. The van der Waals surface area contributed by atoms with Crippen molar-refractivity contribution < 1.29 is 9.53 Å². The van der Waals surface area contributed by atoms with Gasteiger partial charge in [-0.15, -0.1) is 0 Å². The Kier molecular flexibility index (Phi) is 3.80. The van der Waals surface area contributed by atoms with Gasteiger partial charge in [0, 0.05) is 31.7 Å². The molecule has 4 rings (SSSR count). The van der Waals surface area contributed by atoms with E-state index in [-0.39, 0.29) is 24.7 Å². The maximum Gasteiger partial charge on any atom is 0.249 e. The summed E-state index contributed by atoms with van der Waals surface area (Å²) >= 11 is 0. The van der Waals surface area contributed by atoms with Crippen molar-refractivity contribution >= 4 is 5.91 Å². The largest absolute Gasteiger partial charge is 0.365 e. The van der Waals surface area contributed by atoms with Crippen molar-refractivity contribution in [3.05, 3.63) is 48.3 Å². The van der Waals surface area contributed by atoms with Gasteiger partial charge in [-0.1, -0.05) is 6.07 Å². The lowest BCUT2D eigenvalue weighted by atomic mass is 10.1. The Morgan fingerprint density at radius 3 is 2.96 bits per heavy atom. The summed E-state index contributed by atoms with van der Waals surface area (Å²) in [7, 11) is 0. The number of pyridine rings is 1. The van der Waals surface area contributed by atoms with Crippen LogP contribution in [0.15, 0.2) is 36.8 Å². The van der Waals surface area contributed by atoms with Crippen molar-refractivity contribution in [1.82, 2.24) is 24.8 Å². The highest BCUT2D eigenvalue weighted by molar-refractivity contribution is 5.78. The zero-order valence-electron chi connectivity index (χ0n) is 12.8. The van der Waals surface area contributed by atoms with Crippen molar-refractivity contribution in [3.63, 3.8) is 0 Å². The van der Waals surface area contributed by atoms with Crippen LogP contribution in [0.1, 0.15) is 11.5 Å². The van der Waals surface area contributed by atoms with Crippen molar-refractivity contribution in [3.8, 4) is 0 Å². The van der Waals surface area contributed by atoms with E-state index in [4.69, 9.17) is 4.74 Å². The Hall–Kier alpha value is -2.25. The average Bonchev–Trinajstić information content (AvgIpc) is 3.21. The van der Waals surface area contributed by atoms with E-state index in [1.54, 1.807) is 12.4 Å². The SMILES string of the molecule is O=C1COC2CN(Cc3ncc[nH]3)CC2N1Cc1ccccn1. The van der Waals surface area contributed by atoms with Gasteiger partial charge in [0.25, 0.3) is 0 Å². The lowest BCUT2D eigenvalue weighted by molar-refractivity contribution is -0.154. The lowest BCUT2D eigenvalue weighted by Gasteiger charge is -2.36. The molecule has 1 N–H and O–H groups in total. The van der Waals surface area contributed by atoms with Gasteiger partial charge < -0.3 is 14.6 Å². The molecule has 7 nitrogen and oxygen atoms in total. The Morgan fingerprint density at radius 2 is 2.17 bits per heavy atom. The quantitative estimate of drug-likeness (QED) is 0.885. The Morgan fingerprint density at radius 1 is 1.22 bits per heavy atom. The average molecular weight is 313 g/mol. The number of nitrogens with one attached hydrogen (secondary N) is 1. The molecule has 2 aliphatic rings. The van der Waals surface area contributed by atoms with Crippen LogP contribution in [0.2, 0.25) is 0 Å². The summed E-state index contributed by atoms with van der Waals surface area (Å²) in [6, 6.07) is 5.86. The van der Waals surface area contributed by atoms with Crippen LogP contribution in [0.3, 0.4) is 0 Å². The minimum absolute atomic E-state index is 0.0387. The standard InChI is InChI=1S/C16H19N5O2/c22-16-11-23-14-9-20(10-15-18-5-6-19-15)8-13(14)21(16)7-12-3-1-2-4-17-12/h1-6,13-14H,7-11H2,(H,18,19). The molecule has 2 atom stereocenters. The van der Waals surface area contributed by atoms with Gasteiger partial charge in [0.05, 0.1) is 30.9 Å². The van der Waals surface area contributed by atoms with Crippen molar-refractivity contribution in [2.75, 3.05) is 19.7 Å². The zero-order valence-corrected chi connectivity index (χ0v) is 12.8. The first-order chi connectivity index (χ1) is 11.3. The Labute approximate surface area is 134 Å². The molecular weight excluding hydrogens is 294 g/mol. The van der Waals surface area contributed by atoms with E-state index in [9.17, 15) is 4.79 Å². The fourth-order valence-corrected chi connectivity index (χ4v) is 3.34. The molecule has 23 heavy (non-hydrogen) atoms. The number of aromatic nitrogens is 3. The molecule has 2 aliphatic heterocycles. The van der Waals surface area contributed by atoms with Crippen LogP contribution in [-0.2, 0) is 22.6 Å². The van der Waals surface area contributed by atoms with Crippen molar-refractivity contribution in [2.45, 2.75) is 25.2 Å². The zero-order chi connectivity index (χ0) is 15.6. The second-order valence-electron chi connectivity index (χ2n) is 5.99. The fourth-order valence-electron chi connectivity index (χ4n) is 3.34. The molecule has 7 heteroatoms. The maximum absolute atomic E-state index is 12.3. The third-order valence-electron chi connectivity index (χ3n) is 4.44. The van der Waals surface area contributed by atoms with Gasteiger partial charge >= 0.3 is 0 Å². The Bertz CT molecular complexity index is 660. The third-order valence-corrected chi connectivity index (χ3v) is 4.44. The molecule has 0 spiro atoms.